The lowest BCUT2D eigenvalue weighted by atomic mass is 10.1. The van der Waals surface area contributed by atoms with Crippen molar-refractivity contribution in [3.8, 4) is 11.5 Å². The Hall–Kier alpha value is -3.28. The van der Waals surface area contributed by atoms with Crippen LogP contribution in [0.15, 0.2) is 57.9 Å². The second-order valence-electron chi connectivity index (χ2n) is 6.98. The fraction of sp³-hybridized carbons (Fsp3) is 0.273. The van der Waals surface area contributed by atoms with Gasteiger partial charge in [-0.05, 0) is 43.7 Å². The molecule has 0 bridgehead atoms. The lowest BCUT2D eigenvalue weighted by Gasteiger charge is -2.27. The topological polar surface area (TPSA) is 69.0 Å². The van der Waals surface area contributed by atoms with Gasteiger partial charge in [0.25, 0.3) is 5.91 Å². The Balaban J connectivity index is 1.66. The third kappa shape index (κ3) is 3.33. The fourth-order valence-corrected chi connectivity index (χ4v) is 3.25. The summed E-state index contributed by atoms with van der Waals surface area (Å²) >= 11 is 0. The number of para-hydroxylation sites is 1. The van der Waals surface area contributed by atoms with Crippen molar-refractivity contribution < 1.29 is 18.7 Å². The van der Waals surface area contributed by atoms with Crippen molar-refractivity contribution in [2.75, 3.05) is 13.2 Å². The first-order valence-corrected chi connectivity index (χ1v) is 9.24. The van der Waals surface area contributed by atoms with Crippen molar-refractivity contribution in [3.05, 3.63) is 70.1 Å². The number of ether oxygens (including phenoxy) is 2. The summed E-state index contributed by atoms with van der Waals surface area (Å²) in [6, 6.07) is 12.4. The molecular weight excluding hydrogens is 358 g/mol. The van der Waals surface area contributed by atoms with Gasteiger partial charge in [0.15, 0.2) is 11.5 Å². The molecule has 1 amide bonds. The standard InChI is InChI=1S/C22H21NO5/c1-14(2)23(12-15-7-8-19-20(11-15)27-10-9-26-19)22(25)17-13-28-18-6-4-3-5-16(18)21(17)24/h3-8,11,13-14H,9-10,12H2,1-2H3. The molecule has 144 valence electrons. The highest BCUT2D eigenvalue weighted by molar-refractivity contribution is 5.96. The van der Waals surface area contributed by atoms with E-state index in [1.165, 1.54) is 6.26 Å². The molecule has 0 radical (unpaired) electrons. The van der Waals surface area contributed by atoms with Crippen LogP contribution in [0.25, 0.3) is 11.0 Å². The lowest BCUT2D eigenvalue weighted by Crippen LogP contribution is -2.38. The predicted molar refractivity (Wildman–Crippen MR) is 105 cm³/mol. The molecule has 28 heavy (non-hydrogen) atoms. The van der Waals surface area contributed by atoms with Gasteiger partial charge < -0.3 is 18.8 Å². The summed E-state index contributed by atoms with van der Waals surface area (Å²) < 4.78 is 16.7. The van der Waals surface area contributed by atoms with E-state index >= 15 is 0 Å². The van der Waals surface area contributed by atoms with Gasteiger partial charge in [-0.25, -0.2) is 0 Å². The maximum atomic E-state index is 13.2. The third-order valence-electron chi connectivity index (χ3n) is 4.75. The van der Waals surface area contributed by atoms with Crippen LogP contribution >= 0.6 is 0 Å². The van der Waals surface area contributed by atoms with Crippen LogP contribution in [0, 0.1) is 0 Å². The number of carbonyl (C=O) groups excluding carboxylic acids is 1. The molecule has 6 nitrogen and oxygen atoms in total. The van der Waals surface area contributed by atoms with Crippen molar-refractivity contribution in [1.82, 2.24) is 4.90 Å². The number of rotatable bonds is 4. The zero-order valence-corrected chi connectivity index (χ0v) is 15.8. The third-order valence-corrected chi connectivity index (χ3v) is 4.75. The van der Waals surface area contributed by atoms with Gasteiger partial charge in [-0.15, -0.1) is 0 Å². The molecular formula is C22H21NO5. The molecule has 1 aromatic heterocycles. The van der Waals surface area contributed by atoms with Gasteiger partial charge in [0.05, 0.1) is 5.39 Å². The number of hydrogen-bond donors (Lipinski definition) is 0. The molecule has 0 unspecified atom stereocenters. The minimum atomic E-state index is -0.357. The Morgan fingerprint density at radius 2 is 1.82 bits per heavy atom. The van der Waals surface area contributed by atoms with Crippen molar-refractivity contribution in [2.24, 2.45) is 0 Å². The van der Waals surface area contributed by atoms with E-state index in [9.17, 15) is 9.59 Å². The van der Waals surface area contributed by atoms with Gasteiger partial charge in [-0.3, -0.25) is 9.59 Å². The van der Waals surface area contributed by atoms with Crippen LogP contribution in [0.5, 0.6) is 11.5 Å². The zero-order valence-electron chi connectivity index (χ0n) is 15.8. The van der Waals surface area contributed by atoms with Gasteiger partial charge in [0, 0.05) is 12.6 Å². The number of fused-ring (bicyclic) bond motifs is 2. The van der Waals surface area contributed by atoms with Crippen molar-refractivity contribution in [1.29, 1.82) is 0 Å². The summed E-state index contributed by atoms with van der Waals surface area (Å²) in [7, 11) is 0. The molecule has 1 aliphatic rings. The predicted octanol–water partition coefficient (Wildman–Crippen LogP) is 3.62. The minimum absolute atomic E-state index is 0.0324. The Morgan fingerprint density at radius 1 is 1.07 bits per heavy atom. The molecule has 0 atom stereocenters. The molecule has 0 spiro atoms. The summed E-state index contributed by atoms with van der Waals surface area (Å²) in [5.74, 6) is 1.02. The Labute approximate surface area is 162 Å². The quantitative estimate of drug-likeness (QED) is 0.693. The van der Waals surface area contributed by atoms with E-state index in [2.05, 4.69) is 0 Å². The summed E-state index contributed by atoms with van der Waals surface area (Å²) in [6.07, 6.45) is 1.26. The summed E-state index contributed by atoms with van der Waals surface area (Å²) in [6.45, 7) is 5.21. The van der Waals surface area contributed by atoms with Crippen LogP contribution in [-0.2, 0) is 6.54 Å². The number of nitrogens with zero attached hydrogens (tertiary/aromatic N) is 1. The highest BCUT2D eigenvalue weighted by Crippen LogP contribution is 2.31. The molecule has 2 heterocycles. The van der Waals surface area contributed by atoms with Crippen LogP contribution in [-0.4, -0.2) is 30.1 Å². The first kappa shape index (κ1) is 18.1. The fourth-order valence-electron chi connectivity index (χ4n) is 3.25. The number of hydrogen-bond acceptors (Lipinski definition) is 5. The average molecular weight is 379 g/mol. The summed E-state index contributed by atoms with van der Waals surface area (Å²) in [5.41, 5.74) is 1.08. The van der Waals surface area contributed by atoms with Crippen LogP contribution in [0.2, 0.25) is 0 Å². The second-order valence-corrected chi connectivity index (χ2v) is 6.98. The Bertz CT molecular complexity index is 1090. The van der Waals surface area contributed by atoms with E-state index in [1.807, 2.05) is 32.0 Å². The van der Waals surface area contributed by atoms with E-state index in [4.69, 9.17) is 13.9 Å². The van der Waals surface area contributed by atoms with Gasteiger partial charge >= 0.3 is 0 Å². The molecule has 0 saturated carbocycles. The first-order valence-electron chi connectivity index (χ1n) is 9.24. The van der Waals surface area contributed by atoms with Gasteiger partial charge in [0.2, 0.25) is 5.43 Å². The smallest absolute Gasteiger partial charge is 0.261 e. The van der Waals surface area contributed by atoms with Crippen molar-refractivity contribution in [3.63, 3.8) is 0 Å². The van der Waals surface area contributed by atoms with Gasteiger partial charge in [-0.1, -0.05) is 18.2 Å². The normalized spacial score (nSPS) is 13.0. The summed E-state index contributed by atoms with van der Waals surface area (Å²) in [5, 5.41) is 0.399. The van der Waals surface area contributed by atoms with Gasteiger partial charge in [-0.2, -0.15) is 0 Å². The van der Waals surface area contributed by atoms with Crippen LogP contribution in [0.4, 0.5) is 0 Å². The average Bonchev–Trinajstić information content (AvgIpc) is 2.71. The number of carbonyl (C=O) groups is 1. The van der Waals surface area contributed by atoms with E-state index in [1.54, 1.807) is 29.2 Å². The van der Waals surface area contributed by atoms with E-state index in [0.717, 1.165) is 5.56 Å². The second kappa shape index (κ2) is 7.38. The highest BCUT2D eigenvalue weighted by Gasteiger charge is 2.24. The minimum Gasteiger partial charge on any atom is -0.486 e. The SMILES string of the molecule is CC(C)N(Cc1ccc2c(c1)OCCO2)C(=O)c1coc2ccccc2c1=O. The largest absolute Gasteiger partial charge is 0.486 e. The number of benzene rings is 2. The molecule has 0 saturated heterocycles. The maximum absolute atomic E-state index is 13.2. The molecule has 0 fully saturated rings. The lowest BCUT2D eigenvalue weighted by molar-refractivity contribution is 0.0686. The van der Waals surface area contributed by atoms with E-state index < -0.39 is 0 Å². The molecule has 0 N–H and O–H groups in total. The van der Waals surface area contributed by atoms with Crippen LogP contribution in [0.3, 0.4) is 0 Å². The van der Waals surface area contributed by atoms with Crippen LogP contribution < -0.4 is 14.9 Å². The summed E-state index contributed by atoms with van der Waals surface area (Å²) in [4.78, 5) is 27.6. The number of amides is 1. The Kier molecular flexibility index (Phi) is 4.77. The first-order chi connectivity index (χ1) is 13.5. The van der Waals surface area contributed by atoms with Crippen molar-refractivity contribution >= 4 is 16.9 Å². The van der Waals surface area contributed by atoms with Crippen LogP contribution in [0.1, 0.15) is 29.8 Å². The molecule has 3 aromatic rings. The highest BCUT2D eigenvalue weighted by atomic mass is 16.6. The van der Waals surface area contributed by atoms with Crippen molar-refractivity contribution in [2.45, 2.75) is 26.4 Å². The molecule has 4 rings (SSSR count). The maximum Gasteiger partial charge on any atom is 0.261 e. The monoisotopic (exact) mass is 379 g/mol. The molecule has 0 aliphatic carbocycles. The molecule has 2 aromatic carbocycles. The molecule has 6 heteroatoms. The van der Waals surface area contributed by atoms with E-state index in [0.29, 0.717) is 42.2 Å². The Morgan fingerprint density at radius 3 is 2.61 bits per heavy atom. The van der Waals surface area contributed by atoms with Gasteiger partial charge in [0.1, 0.15) is 30.6 Å². The zero-order chi connectivity index (χ0) is 19.7. The van der Waals surface area contributed by atoms with E-state index in [-0.39, 0.29) is 22.9 Å². The molecule has 1 aliphatic heterocycles.